The molecule has 0 aliphatic carbocycles. The second kappa shape index (κ2) is 29.2. The van der Waals surface area contributed by atoms with E-state index in [1.807, 2.05) is 6.92 Å². The zero-order valence-electron chi connectivity index (χ0n) is 38.7. The maximum atomic E-state index is 13.2. The molecule has 4 aromatic heterocycles. The van der Waals surface area contributed by atoms with Gasteiger partial charge >= 0.3 is 0 Å². The molecule has 1 aliphatic heterocycles. The number of hydrogen-bond acceptors (Lipinski definition) is 13. The monoisotopic (exact) mass is 1200 g/mol. The Labute approximate surface area is 431 Å². The van der Waals surface area contributed by atoms with Crippen LogP contribution in [0.3, 0.4) is 0 Å². The standard InChI is InChI=1S/C28H34N6O9S.2C11H6F2N.Ir/c1-19-7-10-29-21(16-19)22-17-20(8-11-30-22)27(38)33-23(18-44(40,41)42)28(39)32-9-3-2-4-24(35)31-12-14-43-15-13-34-25(36)5-6-26(34)37;2*12-8-4-5-9(10(13)7-8)11-3-1-2-6-14-11;/h5-8,10-11,16-17,23H,2-4,9,12-15,18H2,1H3,(H,31,35)(H,32,39)(H,33,38)(H,40,41,42);2*1-4,6-7H;/q;2*-1;/p-1. The average molecular weight is 1200 g/mol. The second-order valence-electron chi connectivity index (χ2n) is 15.3. The second-order valence-corrected chi connectivity index (χ2v) is 16.7. The first-order valence-electron chi connectivity index (χ1n) is 21.8. The van der Waals surface area contributed by atoms with Crippen LogP contribution < -0.4 is 16.0 Å². The zero-order chi connectivity index (χ0) is 52.0. The van der Waals surface area contributed by atoms with E-state index in [1.165, 1.54) is 30.5 Å². The van der Waals surface area contributed by atoms with E-state index in [0.717, 1.165) is 34.7 Å². The largest absolute Gasteiger partial charge is 0.748 e. The summed E-state index contributed by atoms with van der Waals surface area (Å²) >= 11 is 0. The fourth-order valence-corrected chi connectivity index (χ4v) is 6.97. The number of carbonyl (C=O) groups is 5. The van der Waals surface area contributed by atoms with Crippen molar-refractivity contribution >= 4 is 39.7 Å². The summed E-state index contributed by atoms with van der Waals surface area (Å²) in [6.45, 7) is 2.60. The van der Waals surface area contributed by atoms with Crippen molar-refractivity contribution in [1.29, 1.82) is 0 Å². The number of nitrogens with zero attached hydrogens (tertiary/aromatic N) is 5. The van der Waals surface area contributed by atoms with Crippen molar-refractivity contribution in [3.05, 3.63) is 168 Å². The SMILES string of the molecule is Cc1ccnc(-c2cc(C(=O)NC(CS(=O)(=O)[O-])C(=O)NCCCCC(=O)NCCOCCN3C(=O)C=CC3=O)ccn2)c1.Fc1c[c-]c(-c2ccccn2)c(F)c1.Fc1c[c-]c(-c2ccccn2)c(F)c1.[Ir]. The molecule has 385 valence electrons. The Morgan fingerprint density at radius 2 is 1.27 bits per heavy atom. The maximum absolute atomic E-state index is 13.2. The van der Waals surface area contributed by atoms with Gasteiger partial charge in [0.1, 0.15) is 6.04 Å². The van der Waals surface area contributed by atoms with Gasteiger partial charge in [-0.3, -0.25) is 56.4 Å². The van der Waals surface area contributed by atoms with E-state index < -0.39 is 68.8 Å². The van der Waals surface area contributed by atoms with Crippen LogP contribution in [0, 0.1) is 42.3 Å². The number of nitrogens with one attached hydrogen (secondary N) is 3. The number of aromatic nitrogens is 4. The molecule has 0 saturated heterocycles. The average Bonchev–Trinajstić information content (AvgIpc) is 3.68. The van der Waals surface area contributed by atoms with Gasteiger partial charge in [0.05, 0.1) is 47.0 Å². The minimum Gasteiger partial charge on any atom is -0.748 e. The molecule has 1 unspecified atom stereocenters. The van der Waals surface area contributed by atoms with E-state index in [9.17, 15) is 54.5 Å². The van der Waals surface area contributed by atoms with Crippen molar-refractivity contribution in [2.24, 2.45) is 0 Å². The van der Waals surface area contributed by atoms with Gasteiger partial charge in [-0.25, -0.2) is 8.42 Å². The van der Waals surface area contributed by atoms with Crippen molar-refractivity contribution in [3.8, 4) is 33.9 Å². The normalized spacial score (nSPS) is 12.1. The third-order valence-corrected chi connectivity index (χ3v) is 10.6. The number of benzene rings is 2. The summed E-state index contributed by atoms with van der Waals surface area (Å²) in [4.78, 5) is 77.8. The Bertz CT molecular complexity index is 2880. The number of rotatable bonds is 19. The molecule has 17 nitrogen and oxygen atoms in total. The van der Waals surface area contributed by atoms with Crippen LogP contribution in [0.5, 0.6) is 0 Å². The van der Waals surface area contributed by atoms with Crippen LogP contribution in [0.25, 0.3) is 33.9 Å². The van der Waals surface area contributed by atoms with Gasteiger partial charge in [0, 0.05) is 105 Å². The first kappa shape index (κ1) is 58.1. The Morgan fingerprint density at radius 3 is 1.81 bits per heavy atom. The summed E-state index contributed by atoms with van der Waals surface area (Å²) in [6, 6.07) is 23.8. The summed E-state index contributed by atoms with van der Waals surface area (Å²) in [5.41, 5.74) is 3.19. The molecule has 0 bridgehead atoms. The Kier molecular flexibility index (Phi) is 23.2. The first-order chi connectivity index (χ1) is 34.5. The molecule has 5 heterocycles. The number of halogens is 4. The van der Waals surface area contributed by atoms with Gasteiger partial charge < -0.3 is 35.2 Å². The number of pyridine rings is 4. The van der Waals surface area contributed by atoms with Crippen LogP contribution in [0.2, 0.25) is 0 Å². The Morgan fingerprint density at radius 1 is 0.712 bits per heavy atom. The van der Waals surface area contributed by atoms with Gasteiger partial charge in [-0.05, 0) is 73.1 Å². The molecule has 6 aromatic rings. The summed E-state index contributed by atoms with van der Waals surface area (Å²) in [5.74, 6) is -6.40. The van der Waals surface area contributed by atoms with Gasteiger partial charge in [0.15, 0.2) is 0 Å². The molecule has 0 fully saturated rings. The van der Waals surface area contributed by atoms with E-state index in [2.05, 4.69) is 48.0 Å². The molecule has 5 amide bonds. The topological polar surface area (TPSA) is 243 Å². The zero-order valence-corrected chi connectivity index (χ0v) is 41.9. The van der Waals surface area contributed by atoms with E-state index in [-0.39, 0.29) is 82.0 Å². The van der Waals surface area contributed by atoms with Crippen molar-refractivity contribution in [3.63, 3.8) is 0 Å². The molecule has 1 radical (unpaired) electrons. The van der Waals surface area contributed by atoms with Gasteiger partial charge in [0.25, 0.3) is 17.7 Å². The van der Waals surface area contributed by atoms with Gasteiger partial charge in [-0.2, -0.15) is 0 Å². The predicted octanol–water partition coefficient (Wildman–Crippen LogP) is 5.09. The predicted molar refractivity (Wildman–Crippen MR) is 251 cm³/mol. The molecule has 23 heteroatoms. The van der Waals surface area contributed by atoms with Gasteiger partial charge in [0.2, 0.25) is 11.8 Å². The molecular formula is C50H45F4IrN8O9S-3. The molecule has 7 rings (SSSR count). The molecule has 0 saturated carbocycles. The quantitative estimate of drug-likeness (QED) is 0.0315. The molecule has 3 N–H and O–H groups in total. The number of aryl methyl sites for hydroxylation is 1. The molecule has 1 atom stereocenters. The minimum absolute atomic E-state index is 0. The Hall–Kier alpha value is -7.43. The van der Waals surface area contributed by atoms with E-state index >= 15 is 0 Å². The fraction of sp³-hybridized carbons (Fsp3) is 0.220. The number of amides is 5. The summed E-state index contributed by atoms with van der Waals surface area (Å²) < 4.78 is 91.2. The van der Waals surface area contributed by atoms with Crippen LogP contribution in [0.4, 0.5) is 17.6 Å². The maximum Gasteiger partial charge on any atom is 0.253 e. The summed E-state index contributed by atoms with van der Waals surface area (Å²) in [6.07, 6.45) is 9.33. The van der Waals surface area contributed by atoms with Crippen LogP contribution >= 0.6 is 0 Å². The van der Waals surface area contributed by atoms with Crippen LogP contribution in [0.1, 0.15) is 35.2 Å². The van der Waals surface area contributed by atoms with Crippen LogP contribution in [-0.4, -0.2) is 112 Å². The molecule has 73 heavy (non-hydrogen) atoms. The van der Waals surface area contributed by atoms with E-state index in [0.29, 0.717) is 35.6 Å². The Balaban J connectivity index is 0.000000318. The van der Waals surface area contributed by atoms with Crippen molar-refractivity contribution in [1.82, 2.24) is 40.8 Å². The van der Waals surface area contributed by atoms with Crippen molar-refractivity contribution < 1.29 is 79.3 Å². The number of carbonyl (C=O) groups excluding carboxylic acids is 5. The van der Waals surface area contributed by atoms with Crippen LogP contribution in [0.15, 0.2) is 122 Å². The third-order valence-electron chi connectivity index (χ3n) is 9.81. The molecule has 0 spiro atoms. The number of ether oxygens (including phenoxy) is 1. The molecule has 1 aliphatic rings. The fourth-order valence-electron chi connectivity index (χ4n) is 6.33. The molecular weight excluding hydrogens is 1160 g/mol. The number of hydrogen-bond donors (Lipinski definition) is 3. The van der Waals surface area contributed by atoms with Crippen molar-refractivity contribution in [2.75, 3.05) is 38.6 Å². The van der Waals surface area contributed by atoms with E-state index in [4.69, 9.17) is 4.74 Å². The summed E-state index contributed by atoms with van der Waals surface area (Å²) in [7, 11) is -4.87. The minimum atomic E-state index is -4.87. The van der Waals surface area contributed by atoms with Gasteiger partial charge in [-0.1, -0.05) is 47.5 Å². The van der Waals surface area contributed by atoms with Crippen molar-refractivity contribution in [2.45, 2.75) is 32.2 Å². The number of imide groups is 1. The summed E-state index contributed by atoms with van der Waals surface area (Å²) in [5, 5.41) is 7.45. The van der Waals surface area contributed by atoms with Gasteiger partial charge in [-0.15, -0.1) is 24.3 Å². The number of unbranched alkanes of at least 4 members (excludes halogenated alkanes) is 1. The third kappa shape index (κ3) is 19.6. The van der Waals surface area contributed by atoms with E-state index in [1.54, 1.807) is 67.1 Å². The van der Waals surface area contributed by atoms with Crippen LogP contribution in [-0.2, 0) is 54.1 Å². The first-order valence-corrected chi connectivity index (χ1v) is 23.4. The smallest absolute Gasteiger partial charge is 0.253 e. The molecule has 2 aromatic carbocycles.